The summed E-state index contributed by atoms with van der Waals surface area (Å²) in [6.45, 7) is 0.378. The third-order valence-corrected chi connectivity index (χ3v) is 6.02. The largest absolute Gasteiger partial charge is 0.457 e. The molecule has 0 saturated heterocycles. The van der Waals surface area contributed by atoms with E-state index >= 15 is 0 Å². The van der Waals surface area contributed by atoms with Gasteiger partial charge in [-0.15, -0.1) is 0 Å². The number of hydrogen-bond acceptors (Lipinski definition) is 6. The number of thiazole rings is 1. The highest BCUT2D eigenvalue weighted by atomic mass is 32.1. The first-order chi connectivity index (χ1) is 15.7. The van der Waals surface area contributed by atoms with Gasteiger partial charge in [0.15, 0.2) is 5.13 Å². The van der Waals surface area contributed by atoms with E-state index < -0.39 is 0 Å². The zero-order valence-corrected chi connectivity index (χ0v) is 19.0. The molecule has 0 radical (unpaired) electrons. The number of ether oxygens (including phenoxy) is 2. The maximum atomic E-state index is 5.90. The zero-order valence-electron chi connectivity index (χ0n) is 18.2. The zero-order chi connectivity index (χ0) is 22.2. The number of hydrogen-bond donors (Lipinski definition) is 1. The molecule has 0 amide bonds. The van der Waals surface area contributed by atoms with Crippen LogP contribution in [0.15, 0.2) is 60.8 Å². The van der Waals surface area contributed by atoms with Gasteiger partial charge >= 0.3 is 0 Å². The SMILES string of the molecule is CNc1nc2ccc(Oc3ccnc(C#CCOC)c3)cc2s1.c1ccc2c(c1)CCC2. The summed E-state index contributed by atoms with van der Waals surface area (Å²) in [6, 6.07) is 18.2. The Labute approximate surface area is 192 Å². The Hall–Kier alpha value is -3.40. The van der Waals surface area contributed by atoms with E-state index in [4.69, 9.17) is 9.47 Å². The van der Waals surface area contributed by atoms with E-state index in [1.807, 2.05) is 25.2 Å². The van der Waals surface area contributed by atoms with Gasteiger partial charge in [-0.25, -0.2) is 9.97 Å². The van der Waals surface area contributed by atoms with Crippen molar-refractivity contribution in [1.29, 1.82) is 0 Å². The summed E-state index contributed by atoms with van der Waals surface area (Å²) in [6.07, 6.45) is 5.64. The van der Waals surface area contributed by atoms with Crippen molar-refractivity contribution in [3.8, 4) is 23.3 Å². The van der Waals surface area contributed by atoms with Crippen LogP contribution in [0.2, 0.25) is 0 Å². The van der Waals surface area contributed by atoms with Gasteiger partial charge < -0.3 is 14.8 Å². The molecule has 0 unspecified atom stereocenters. The van der Waals surface area contributed by atoms with E-state index in [1.165, 1.54) is 19.3 Å². The second kappa shape index (κ2) is 10.8. The fourth-order valence-electron chi connectivity index (χ4n) is 3.47. The number of aryl methyl sites for hydroxylation is 2. The maximum absolute atomic E-state index is 5.90. The molecule has 1 aliphatic rings. The minimum absolute atomic E-state index is 0.378. The van der Waals surface area contributed by atoms with Crippen molar-refractivity contribution in [1.82, 2.24) is 9.97 Å². The smallest absolute Gasteiger partial charge is 0.183 e. The van der Waals surface area contributed by atoms with Crippen LogP contribution < -0.4 is 10.1 Å². The van der Waals surface area contributed by atoms with Crippen LogP contribution in [0.3, 0.4) is 0 Å². The lowest BCUT2D eigenvalue weighted by Gasteiger charge is -2.05. The minimum Gasteiger partial charge on any atom is -0.457 e. The number of aromatic nitrogens is 2. The summed E-state index contributed by atoms with van der Waals surface area (Å²) in [5.74, 6) is 7.25. The Balaban J connectivity index is 0.000000225. The van der Waals surface area contributed by atoms with Gasteiger partial charge in [0.2, 0.25) is 0 Å². The molecule has 1 aliphatic carbocycles. The van der Waals surface area contributed by atoms with Crippen LogP contribution in [0, 0.1) is 11.8 Å². The van der Waals surface area contributed by atoms with Crippen LogP contribution in [0.4, 0.5) is 5.13 Å². The van der Waals surface area contributed by atoms with Gasteiger partial charge in [0.1, 0.15) is 23.8 Å². The van der Waals surface area contributed by atoms with Crippen molar-refractivity contribution >= 4 is 26.7 Å². The predicted octanol–water partition coefficient (Wildman–Crippen LogP) is 5.70. The summed E-state index contributed by atoms with van der Waals surface area (Å²) in [5, 5.41) is 3.94. The molecular formula is C26H25N3O2S. The molecule has 0 atom stereocenters. The number of fused-ring (bicyclic) bond motifs is 2. The second-order valence-corrected chi connectivity index (χ2v) is 8.27. The summed E-state index contributed by atoms with van der Waals surface area (Å²) in [7, 11) is 3.47. The quantitative estimate of drug-likeness (QED) is 0.410. The molecule has 0 spiro atoms. The minimum atomic E-state index is 0.378. The van der Waals surface area contributed by atoms with Crippen LogP contribution in [-0.2, 0) is 17.6 Å². The Morgan fingerprint density at radius 2 is 1.81 bits per heavy atom. The van der Waals surface area contributed by atoms with E-state index in [2.05, 4.69) is 51.4 Å². The van der Waals surface area contributed by atoms with Crippen LogP contribution in [0.1, 0.15) is 23.2 Å². The van der Waals surface area contributed by atoms with Crippen molar-refractivity contribution in [2.75, 3.05) is 26.1 Å². The molecule has 5 rings (SSSR count). The summed E-state index contributed by atoms with van der Waals surface area (Å²) < 4.78 is 11.9. The molecule has 2 heterocycles. The summed E-state index contributed by atoms with van der Waals surface area (Å²) in [4.78, 5) is 8.64. The third kappa shape index (κ3) is 5.64. The number of rotatable bonds is 4. The Morgan fingerprint density at radius 3 is 2.56 bits per heavy atom. The van der Waals surface area contributed by atoms with E-state index in [0.29, 0.717) is 18.1 Å². The molecule has 0 bridgehead atoms. The lowest BCUT2D eigenvalue weighted by atomic mass is 10.1. The molecule has 162 valence electrons. The monoisotopic (exact) mass is 443 g/mol. The van der Waals surface area contributed by atoms with Crippen LogP contribution in [0.5, 0.6) is 11.5 Å². The standard InChI is InChI=1S/C17H15N3O2S.C9H10/c1-18-17-20-15-6-5-13(11-16(15)23-17)22-14-7-8-19-12(10-14)4-3-9-21-2;1-2-5-9-7-3-6-8(9)4-1/h5-8,10-11H,9H2,1-2H3,(H,18,20);1-2,4-5H,3,6-7H2. The topological polar surface area (TPSA) is 56.3 Å². The number of anilines is 1. The van der Waals surface area contributed by atoms with Gasteiger partial charge in [-0.3, -0.25) is 0 Å². The number of pyridine rings is 1. The third-order valence-electron chi connectivity index (χ3n) is 4.98. The first kappa shape index (κ1) is 21.8. The summed E-state index contributed by atoms with van der Waals surface area (Å²) >= 11 is 1.59. The van der Waals surface area contributed by atoms with Crippen LogP contribution >= 0.6 is 11.3 Å². The van der Waals surface area contributed by atoms with Gasteiger partial charge in [-0.2, -0.15) is 0 Å². The highest BCUT2D eigenvalue weighted by Gasteiger charge is 2.07. The molecule has 0 fully saturated rings. The lowest BCUT2D eigenvalue weighted by molar-refractivity contribution is 0.240. The molecule has 0 aliphatic heterocycles. The number of methoxy groups -OCH3 is 1. The summed E-state index contributed by atoms with van der Waals surface area (Å²) in [5.41, 5.74) is 4.73. The first-order valence-corrected chi connectivity index (χ1v) is 11.3. The van der Waals surface area contributed by atoms with Gasteiger partial charge in [-0.05, 0) is 54.5 Å². The number of nitrogens with one attached hydrogen (secondary N) is 1. The second-order valence-electron chi connectivity index (χ2n) is 7.23. The first-order valence-electron chi connectivity index (χ1n) is 10.5. The van der Waals surface area contributed by atoms with Gasteiger partial charge in [-0.1, -0.05) is 41.5 Å². The molecule has 5 nitrogen and oxygen atoms in total. The number of nitrogens with zero attached hydrogens (tertiary/aromatic N) is 2. The van der Waals surface area contributed by atoms with E-state index in [1.54, 1.807) is 47.9 Å². The van der Waals surface area contributed by atoms with Gasteiger partial charge in [0.25, 0.3) is 0 Å². The molecule has 4 aromatic rings. The van der Waals surface area contributed by atoms with Crippen molar-refractivity contribution in [2.24, 2.45) is 0 Å². The molecule has 0 saturated carbocycles. The highest BCUT2D eigenvalue weighted by Crippen LogP contribution is 2.31. The Kier molecular flexibility index (Phi) is 7.34. The average Bonchev–Trinajstić information content (AvgIpc) is 3.46. The Bertz CT molecular complexity index is 1230. The molecule has 32 heavy (non-hydrogen) atoms. The Morgan fingerprint density at radius 1 is 1.03 bits per heavy atom. The average molecular weight is 444 g/mol. The van der Waals surface area contributed by atoms with E-state index in [-0.39, 0.29) is 0 Å². The molecular weight excluding hydrogens is 418 g/mol. The lowest BCUT2D eigenvalue weighted by Crippen LogP contribution is -1.88. The highest BCUT2D eigenvalue weighted by molar-refractivity contribution is 7.22. The molecule has 2 aromatic carbocycles. The fourth-order valence-corrected chi connectivity index (χ4v) is 4.32. The normalized spacial score (nSPS) is 11.7. The van der Waals surface area contributed by atoms with Crippen LogP contribution in [0.25, 0.3) is 10.2 Å². The molecule has 2 aromatic heterocycles. The van der Waals surface area contributed by atoms with E-state index in [0.717, 1.165) is 21.1 Å². The molecule has 1 N–H and O–H groups in total. The fraction of sp³-hybridized carbons (Fsp3) is 0.231. The van der Waals surface area contributed by atoms with Crippen LogP contribution in [-0.4, -0.2) is 30.7 Å². The predicted molar refractivity (Wildman–Crippen MR) is 131 cm³/mol. The maximum Gasteiger partial charge on any atom is 0.183 e. The molecule has 6 heteroatoms. The van der Waals surface area contributed by atoms with Gasteiger partial charge in [0.05, 0.1) is 10.2 Å². The van der Waals surface area contributed by atoms with Crippen molar-refractivity contribution in [3.63, 3.8) is 0 Å². The van der Waals surface area contributed by atoms with Crippen molar-refractivity contribution < 1.29 is 9.47 Å². The van der Waals surface area contributed by atoms with Crippen molar-refractivity contribution in [3.05, 3.63) is 77.6 Å². The van der Waals surface area contributed by atoms with Crippen molar-refractivity contribution in [2.45, 2.75) is 19.3 Å². The number of benzene rings is 2. The van der Waals surface area contributed by atoms with Gasteiger partial charge in [0, 0.05) is 32.5 Å². The van der Waals surface area contributed by atoms with E-state index in [9.17, 15) is 0 Å².